The number of anilines is 1. The highest BCUT2D eigenvalue weighted by Gasteiger charge is 2.10. The molecule has 0 fully saturated rings. The Balaban J connectivity index is 1.90. The van der Waals surface area contributed by atoms with Crippen LogP contribution < -0.4 is 5.32 Å². The minimum Gasteiger partial charge on any atom is -0.382 e. The number of benzene rings is 1. The van der Waals surface area contributed by atoms with E-state index < -0.39 is 5.91 Å². The number of aromatic amines is 1. The summed E-state index contributed by atoms with van der Waals surface area (Å²) in [6, 6.07) is 7.35. The SMILES string of the molecule is COCCOCc1cccc(NC(=O)c2nn[nH]n2)c1. The molecule has 0 saturated heterocycles. The molecule has 1 amide bonds. The molecule has 2 N–H and O–H groups in total. The van der Waals surface area contributed by atoms with Gasteiger partial charge in [0.2, 0.25) is 0 Å². The molecule has 2 aromatic rings. The zero-order chi connectivity index (χ0) is 14.2. The third-order valence-electron chi connectivity index (χ3n) is 2.43. The first-order valence-electron chi connectivity index (χ1n) is 6.00. The monoisotopic (exact) mass is 277 g/mol. The first-order valence-corrected chi connectivity index (χ1v) is 6.00. The Morgan fingerprint density at radius 1 is 1.40 bits per heavy atom. The highest BCUT2D eigenvalue weighted by atomic mass is 16.5. The number of amides is 1. The summed E-state index contributed by atoms with van der Waals surface area (Å²) in [7, 11) is 1.62. The fourth-order valence-electron chi connectivity index (χ4n) is 1.52. The molecule has 1 heterocycles. The van der Waals surface area contributed by atoms with Crippen molar-refractivity contribution >= 4 is 11.6 Å². The van der Waals surface area contributed by atoms with Gasteiger partial charge >= 0.3 is 0 Å². The molecule has 2 rings (SSSR count). The number of ether oxygens (including phenoxy) is 2. The Kier molecular flexibility index (Phi) is 5.15. The fraction of sp³-hybridized carbons (Fsp3) is 0.333. The maximum absolute atomic E-state index is 11.7. The number of rotatable bonds is 7. The van der Waals surface area contributed by atoms with E-state index in [1.807, 2.05) is 18.2 Å². The quantitative estimate of drug-likeness (QED) is 0.719. The summed E-state index contributed by atoms with van der Waals surface area (Å²) in [4.78, 5) is 11.7. The van der Waals surface area contributed by atoms with Crippen molar-refractivity contribution in [2.75, 3.05) is 25.6 Å². The van der Waals surface area contributed by atoms with Crippen molar-refractivity contribution in [1.29, 1.82) is 0 Å². The molecule has 0 bridgehead atoms. The Morgan fingerprint density at radius 2 is 2.30 bits per heavy atom. The minimum atomic E-state index is -0.420. The summed E-state index contributed by atoms with van der Waals surface area (Å²) in [5, 5.41) is 15.5. The molecule has 0 unspecified atom stereocenters. The van der Waals surface area contributed by atoms with Gasteiger partial charge in [-0.15, -0.1) is 10.2 Å². The van der Waals surface area contributed by atoms with Crippen molar-refractivity contribution in [3.05, 3.63) is 35.7 Å². The molecule has 106 valence electrons. The second-order valence-corrected chi connectivity index (χ2v) is 3.94. The zero-order valence-electron chi connectivity index (χ0n) is 11.0. The van der Waals surface area contributed by atoms with Crippen LogP contribution in [0.2, 0.25) is 0 Å². The van der Waals surface area contributed by atoms with Gasteiger partial charge in [0, 0.05) is 12.8 Å². The Morgan fingerprint density at radius 3 is 3.05 bits per heavy atom. The van der Waals surface area contributed by atoms with E-state index in [0.717, 1.165) is 5.56 Å². The lowest BCUT2D eigenvalue weighted by Crippen LogP contribution is -2.14. The topological polar surface area (TPSA) is 102 Å². The maximum Gasteiger partial charge on any atom is 0.297 e. The van der Waals surface area contributed by atoms with Crippen molar-refractivity contribution in [3.63, 3.8) is 0 Å². The summed E-state index contributed by atoms with van der Waals surface area (Å²) < 4.78 is 10.3. The van der Waals surface area contributed by atoms with Crippen LogP contribution in [0.1, 0.15) is 16.2 Å². The van der Waals surface area contributed by atoms with Crippen LogP contribution in [0, 0.1) is 0 Å². The first kappa shape index (κ1) is 14.1. The van der Waals surface area contributed by atoms with E-state index in [-0.39, 0.29) is 5.82 Å². The molecule has 1 aromatic heterocycles. The molecule has 0 spiro atoms. The predicted octanol–water partition coefficient (Wildman–Crippen LogP) is 0.615. The van der Waals surface area contributed by atoms with Crippen LogP contribution in [-0.4, -0.2) is 46.9 Å². The van der Waals surface area contributed by atoms with E-state index in [1.165, 1.54) is 0 Å². The molecule has 8 nitrogen and oxygen atoms in total. The molecular formula is C12H15N5O3. The number of methoxy groups -OCH3 is 1. The number of nitrogens with one attached hydrogen (secondary N) is 2. The lowest BCUT2D eigenvalue weighted by molar-refractivity contribution is 0.0617. The summed E-state index contributed by atoms with van der Waals surface area (Å²) in [5.41, 5.74) is 1.60. The fourth-order valence-corrected chi connectivity index (χ4v) is 1.52. The highest BCUT2D eigenvalue weighted by molar-refractivity contribution is 6.01. The lowest BCUT2D eigenvalue weighted by atomic mass is 10.2. The van der Waals surface area contributed by atoms with Gasteiger partial charge < -0.3 is 14.8 Å². The Bertz CT molecular complexity index is 544. The third kappa shape index (κ3) is 4.11. The van der Waals surface area contributed by atoms with Gasteiger partial charge in [0.1, 0.15) is 0 Å². The van der Waals surface area contributed by atoms with E-state index in [2.05, 4.69) is 25.9 Å². The van der Waals surface area contributed by atoms with Crippen LogP contribution in [0.3, 0.4) is 0 Å². The first-order chi connectivity index (χ1) is 9.79. The molecule has 0 aliphatic rings. The van der Waals surface area contributed by atoms with Gasteiger partial charge in [0.25, 0.3) is 11.7 Å². The van der Waals surface area contributed by atoms with E-state index in [1.54, 1.807) is 13.2 Å². The molecule has 0 atom stereocenters. The van der Waals surface area contributed by atoms with Crippen molar-refractivity contribution in [2.24, 2.45) is 0 Å². The number of tetrazole rings is 1. The van der Waals surface area contributed by atoms with Crippen LogP contribution in [-0.2, 0) is 16.1 Å². The normalized spacial score (nSPS) is 10.4. The molecule has 0 radical (unpaired) electrons. The van der Waals surface area contributed by atoms with E-state index in [9.17, 15) is 4.79 Å². The lowest BCUT2D eigenvalue weighted by Gasteiger charge is -2.07. The number of hydrogen-bond donors (Lipinski definition) is 2. The molecule has 8 heteroatoms. The summed E-state index contributed by atoms with van der Waals surface area (Å²) in [6.45, 7) is 1.53. The predicted molar refractivity (Wildman–Crippen MR) is 70.1 cm³/mol. The number of nitrogens with zero attached hydrogens (tertiary/aromatic N) is 3. The average molecular weight is 277 g/mol. The standard InChI is InChI=1S/C12H15N5O3/c1-19-5-6-20-8-9-3-2-4-10(7-9)13-12(18)11-14-16-17-15-11/h2-4,7H,5-6,8H2,1H3,(H,13,18)(H,14,15,16,17). The third-order valence-corrected chi connectivity index (χ3v) is 2.43. The smallest absolute Gasteiger partial charge is 0.297 e. The maximum atomic E-state index is 11.7. The second kappa shape index (κ2) is 7.31. The van der Waals surface area contributed by atoms with Crippen LogP contribution in [0.15, 0.2) is 24.3 Å². The van der Waals surface area contributed by atoms with Crippen LogP contribution in [0.5, 0.6) is 0 Å². The number of hydrogen-bond acceptors (Lipinski definition) is 6. The van der Waals surface area contributed by atoms with Gasteiger partial charge in [-0.2, -0.15) is 5.21 Å². The van der Waals surface area contributed by atoms with E-state index >= 15 is 0 Å². The number of aromatic nitrogens is 4. The Labute approximate surface area is 115 Å². The zero-order valence-corrected chi connectivity index (χ0v) is 11.0. The molecule has 20 heavy (non-hydrogen) atoms. The molecule has 0 saturated carbocycles. The molecular weight excluding hydrogens is 262 g/mol. The second-order valence-electron chi connectivity index (χ2n) is 3.94. The van der Waals surface area contributed by atoms with Crippen LogP contribution in [0.4, 0.5) is 5.69 Å². The van der Waals surface area contributed by atoms with Gasteiger partial charge in [0.15, 0.2) is 0 Å². The summed E-state index contributed by atoms with van der Waals surface area (Å²) in [5.74, 6) is -0.428. The summed E-state index contributed by atoms with van der Waals surface area (Å²) in [6.07, 6.45) is 0. The van der Waals surface area contributed by atoms with Crippen molar-refractivity contribution in [1.82, 2.24) is 20.6 Å². The number of carbonyl (C=O) groups is 1. The highest BCUT2D eigenvalue weighted by Crippen LogP contribution is 2.12. The van der Waals surface area contributed by atoms with Crippen LogP contribution in [0.25, 0.3) is 0 Å². The van der Waals surface area contributed by atoms with Gasteiger partial charge in [0.05, 0.1) is 19.8 Å². The molecule has 0 aliphatic heterocycles. The molecule has 0 aliphatic carbocycles. The van der Waals surface area contributed by atoms with Gasteiger partial charge in [-0.25, -0.2) is 0 Å². The van der Waals surface area contributed by atoms with E-state index in [4.69, 9.17) is 9.47 Å². The van der Waals surface area contributed by atoms with Crippen molar-refractivity contribution in [2.45, 2.75) is 6.61 Å². The number of H-pyrrole nitrogens is 1. The van der Waals surface area contributed by atoms with Gasteiger partial charge in [-0.3, -0.25) is 4.79 Å². The molecule has 1 aromatic carbocycles. The number of carbonyl (C=O) groups excluding carboxylic acids is 1. The van der Waals surface area contributed by atoms with Crippen LogP contribution >= 0.6 is 0 Å². The Hall–Kier alpha value is -2.32. The largest absolute Gasteiger partial charge is 0.382 e. The van der Waals surface area contributed by atoms with Crippen molar-refractivity contribution in [3.8, 4) is 0 Å². The van der Waals surface area contributed by atoms with Crippen molar-refractivity contribution < 1.29 is 14.3 Å². The van der Waals surface area contributed by atoms with E-state index in [0.29, 0.717) is 25.5 Å². The van der Waals surface area contributed by atoms with Gasteiger partial charge in [-0.05, 0) is 22.9 Å². The van der Waals surface area contributed by atoms with Gasteiger partial charge in [-0.1, -0.05) is 12.1 Å². The average Bonchev–Trinajstić information content (AvgIpc) is 2.98. The minimum absolute atomic E-state index is 0.00764. The summed E-state index contributed by atoms with van der Waals surface area (Å²) >= 11 is 0.